The molecule has 6 nitrogen and oxygen atoms in total. The summed E-state index contributed by atoms with van der Waals surface area (Å²) in [5, 5.41) is 7.76. The van der Waals surface area contributed by atoms with Crippen molar-refractivity contribution in [1.82, 2.24) is 9.03 Å². The summed E-state index contributed by atoms with van der Waals surface area (Å²) >= 11 is 0. The zero-order valence-electron chi connectivity index (χ0n) is 11.2. The van der Waals surface area contributed by atoms with Gasteiger partial charge in [0, 0.05) is 14.1 Å². The quantitative estimate of drug-likeness (QED) is 0.523. The summed E-state index contributed by atoms with van der Waals surface area (Å²) in [5.74, 6) is -0.0742. The first-order valence-corrected chi connectivity index (χ1v) is 7.80. The van der Waals surface area contributed by atoms with Gasteiger partial charge in [0.2, 0.25) is 0 Å². The minimum atomic E-state index is -3.57. The van der Waals surface area contributed by atoms with Crippen molar-refractivity contribution in [2.75, 3.05) is 14.1 Å². The van der Waals surface area contributed by atoms with Crippen molar-refractivity contribution in [3.8, 4) is 0 Å². The summed E-state index contributed by atoms with van der Waals surface area (Å²) < 4.78 is 27.7. The average Bonchev–Trinajstić information content (AvgIpc) is 2.21. The van der Waals surface area contributed by atoms with E-state index in [9.17, 15) is 8.42 Å². The van der Waals surface area contributed by atoms with Gasteiger partial charge in [-0.25, -0.2) is 0 Å². The highest BCUT2D eigenvalue weighted by Gasteiger charge is 2.38. The molecule has 0 aromatic heterocycles. The molecule has 1 rings (SSSR count). The molecule has 0 unspecified atom stereocenters. The maximum absolute atomic E-state index is 12.0. The zero-order valence-corrected chi connectivity index (χ0v) is 12.0. The molecule has 106 valence electrons. The number of hydrogen-bond acceptors (Lipinski definition) is 3. The third kappa shape index (κ3) is 3.66. The van der Waals surface area contributed by atoms with E-state index in [4.69, 9.17) is 11.1 Å². The summed E-state index contributed by atoms with van der Waals surface area (Å²) in [6.07, 6.45) is 6.32. The second-order valence-corrected chi connectivity index (χ2v) is 7.04. The molecule has 0 radical (unpaired) electrons. The Kier molecular flexibility index (Phi) is 5.12. The molecule has 0 heterocycles. The lowest BCUT2D eigenvalue weighted by Crippen LogP contribution is -2.59. The molecule has 1 aliphatic carbocycles. The Bertz CT molecular complexity index is 384. The molecule has 0 amide bonds. The number of hydrogen-bond donors (Lipinski definition) is 3. The van der Waals surface area contributed by atoms with Crippen LogP contribution in [0.2, 0.25) is 0 Å². The molecule has 0 saturated heterocycles. The second-order valence-electron chi connectivity index (χ2n) is 5.15. The molecular formula is C11H24N4O2S. The summed E-state index contributed by atoms with van der Waals surface area (Å²) in [6, 6.07) is 0. The fourth-order valence-electron chi connectivity index (χ4n) is 2.27. The highest BCUT2D eigenvalue weighted by atomic mass is 32.2. The van der Waals surface area contributed by atoms with Gasteiger partial charge in [-0.05, 0) is 12.8 Å². The van der Waals surface area contributed by atoms with Crippen molar-refractivity contribution >= 4 is 16.0 Å². The third-order valence-corrected chi connectivity index (χ3v) is 5.14. The molecule has 0 aromatic rings. The maximum Gasteiger partial charge on any atom is 0.279 e. The zero-order chi connectivity index (χ0) is 13.8. The molecule has 4 N–H and O–H groups in total. The Labute approximate surface area is 110 Å². The van der Waals surface area contributed by atoms with Crippen molar-refractivity contribution in [1.29, 1.82) is 5.41 Å². The molecule has 18 heavy (non-hydrogen) atoms. The lowest BCUT2D eigenvalue weighted by molar-refractivity contribution is 0.358. The standard InChI is InChI=1S/C11H24N4O2S/c1-15(2)18(16,17)14-11(10(12)13)8-6-4-3-5-7-9-11/h14H,3-9H2,1-2H3,(H3,12,13). The number of rotatable bonds is 4. The van der Waals surface area contributed by atoms with E-state index in [1.807, 2.05) is 0 Å². The van der Waals surface area contributed by atoms with Gasteiger partial charge in [-0.3, -0.25) is 5.41 Å². The van der Waals surface area contributed by atoms with Gasteiger partial charge >= 0.3 is 0 Å². The van der Waals surface area contributed by atoms with Crippen LogP contribution in [-0.2, 0) is 10.2 Å². The second kappa shape index (κ2) is 5.99. The lowest BCUT2D eigenvalue weighted by Gasteiger charge is -2.35. The van der Waals surface area contributed by atoms with E-state index < -0.39 is 15.7 Å². The van der Waals surface area contributed by atoms with E-state index >= 15 is 0 Å². The van der Waals surface area contributed by atoms with Crippen LogP contribution >= 0.6 is 0 Å². The van der Waals surface area contributed by atoms with Crippen LogP contribution in [0, 0.1) is 5.41 Å². The predicted molar refractivity (Wildman–Crippen MR) is 72.7 cm³/mol. The first kappa shape index (κ1) is 15.4. The highest BCUT2D eigenvalue weighted by Crippen LogP contribution is 2.27. The molecule has 7 heteroatoms. The van der Waals surface area contributed by atoms with Gasteiger partial charge in [0.25, 0.3) is 10.2 Å². The summed E-state index contributed by atoms with van der Waals surface area (Å²) in [5.41, 5.74) is 4.77. The number of nitrogens with zero attached hydrogens (tertiary/aromatic N) is 1. The first-order chi connectivity index (χ1) is 8.30. The van der Waals surface area contributed by atoms with Gasteiger partial charge in [0.15, 0.2) is 0 Å². The average molecular weight is 276 g/mol. The van der Waals surface area contributed by atoms with Crippen molar-refractivity contribution in [2.45, 2.75) is 50.5 Å². The van der Waals surface area contributed by atoms with E-state index in [0.29, 0.717) is 12.8 Å². The van der Waals surface area contributed by atoms with Gasteiger partial charge in [0.1, 0.15) is 5.84 Å². The molecule has 1 saturated carbocycles. The van der Waals surface area contributed by atoms with Crippen LogP contribution in [0.1, 0.15) is 44.9 Å². The van der Waals surface area contributed by atoms with E-state index in [-0.39, 0.29) is 5.84 Å². The molecule has 1 aliphatic rings. The van der Waals surface area contributed by atoms with Crippen molar-refractivity contribution in [3.05, 3.63) is 0 Å². The predicted octanol–water partition coefficient (Wildman–Crippen LogP) is 0.801. The molecular weight excluding hydrogens is 252 g/mol. The monoisotopic (exact) mass is 276 g/mol. The summed E-state index contributed by atoms with van der Waals surface area (Å²) in [6.45, 7) is 0. The highest BCUT2D eigenvalue weighted by molar-refractivity contribution is 7.87. The summed E-state index contributed by atoms with van der Waals surface area (Å²) in [7, 11) is -0.624. The van der Waals surface area contributed by atoms with Crippen LogP contribution in [0.15, 0.2) is 0 Å². The van der Waals surface area contributed by atoms with Crippen molar-refractivity contribution < 1.29 is 8.42 Å². The largest absolute Gasteiger partial charge is 0.386 e. The van der Waals surface area contributed by atoms with Gasteiger partial charge in [-0.2, -0.15) is 17.4 Å². The van der Waals surface area contributed by atoms with Crippen molar-refractivity contribution in [3.63, 3.8) is 0 Å². The Morgan fingerprint density at radius 3 is 2.00 bits per heavy atom. The van der Waals surface area contributed by atoms with E-state index in [2.05, 4.69) is 4.72 Å². The lowest BCUT2D eigenvalue weighted by atomic mass is 9.84. The van der Waals surface area contributed by atoms with Crippen LogP contribution in [0.25, 0.3) is 0 Å². The number of nitrogens with one attached hydrogen (secondary N) is 2. The van der Waals surface area contributed by atoms with E-state index in [1.54, 1.807) is 0 Å². The Morgan fingerprint density at radius 1 is 1.17 bits per heavy atom. The van der Waals surface area contributed by atoms with Gasteiger partial charge in [-0.15, -0.1) is 0 Å². The number of amidine groups is 1. The van der Waals surface area contributed by atoms with Crippen molar-refractivity contribution in [2.24, 2.45) is 5.73 Å². The number of nitrogens with two attached hydrogens (primary N) is 1. The van der Waals surface area contributed by atoms with E-state index in [1.165, 1.54) is 20.5 Å². The Morgan fingerprint density at radius 2 is 1.61 bits per heavy atom. The smallest absolute Gasteiger partial charge is 0.279 e. The fraction of sp³-hybridized carbons (Fsp3) is 0.909. The van der Waals surface area contributed by atoms with Crippen LogP contribution in [-0.4, -0.2) is 38.2 Å². The van der Waals surface area contributed by atoms with Gasteiger partial charge in [0.05, 0.1) is 5.54 Å². The maximum atomic E-state index is 12.0. The van der Waals surface area contributed by atoms with Crippen LogP contribution in [0.4, 0.5) is 0 Å². The molecule has 0 atom stereocenters. The van der Waals surface area contributed by atoms with E-state index in [0.717, 1.165) is 30.0 Å². The van der Waals surface area contributed by atoms with Crippen LogP contribution < -0.4 is 10.5 Å². The normalized spacial score (nSPS) is 21.3. The minimum absolute atomic E-state index is 0.0742. The van der Waals surface area contributed by atoms with Crippen LogP contribution in [0.3, 0.4) is 0 Å². The molecule has 0 bridgehead atoms. The Hall–Kier alpha value is -0.660. The first-order valence-electron chi connectivity index (χ1n) is 6.36. The fourth-order valence-corrected chi connectivity index (χ4v) is 3.26. The molecule has 0 spiro atoms. The van der Waals surface area contributed by atoms with Gasteiger partial charge < -0.3 is 5.73 Å². The summed E-state index contributed by atoms with van der Waals surface area (Å²) in [4.78, 5) is 0. The Balaban J connectivity index is 2.95. The molecule has 0 aromatic carbocycles. The third-order valence-electron chi connectivity index (χ3n) is 3.53. The topological polar surface area (TPSA) is 99.3 Å². The molecule has 0 aliphatic heterocycles. The SMILES string of the molecule is CN(C)S(=O)(=O)NC1(C(=N)N)CCCCCCC1. The molecule has 1 fully saturated rings. The van der Waals surface area contributed by atoms with Crippen LogP contribution in [0.5, 0.6) is 0 Å². The van der Waals surface area contributed by atoms with Gasteiger partial charge in [-0.1, -0.05) is 32.1 Å². The minimum Gasteiger partial charge on any atom is -0.386 e.